The Morgan fingerprint density at radius 2 is 0.453 bits per heavy atom. The largest absolute Gasteiger partial charge is 0.462 e. The lowest BCUT2D eigenvalue weighted by atomic mass is 10.0. The van der Waals surface area contributed by atoms with Crippen molar-refractivity contribution >= 4 is 11.9 Å². The first-order valence-electron chi connectivity index (χ1n) is 40.9. The minimum Gasteiger partial charge on any atom is -0.462 e. The molecule has 0 heterocycles. The van der Waals surface area contributed by atoms with E-state index in [1.165, 1.54) is 238 Å². The van der Waals surface area contributed by atoms with Gasteiger partial charge in [0.05, 0.1) is 6.61 Å². The van der Waals surface area contributed by atoms with Gasteiger partial charge in [-0.05, 0) is 103 Å². The standard InChI is InChI=1S/C90H154O5/c1-3-5-7-9-11-13-15-17-19-21-23-25-27-29-31-33-35-37-39-41-43-45-47-49-51-53-55-57-59-61-63-65-67-69-71-73-75-77-79-81-83-85-90(93)95-88(86-91)87-94-89(92)84-82-80-78-76-74-72-70-68-66-64-62-60-58-56-54-52-50-48-46-44-42-40-38-36-34-32-30-28-26-24-22-20-18-16-14-12-10-8-6-4-2/h5,7,11,13,17,19,23,25,29,31,35,37,41,43,47,49,53,55,59,61,65,67,71,73,88,91H,3-4,6,8-10,12,14-16,18,20-22,24,26-28,30,32-34,36,38-40,42,44-46,48,50-52,54,56-58,60,62-64,66,68-70,72,74-87H2,1-2H3/b7-5-,13-11-,19-17-,25-23-,31-29-,37-35-,43-41-,49-47-,55-53-,61-59-,67-65-,73-71-. The van der Waals surface area contributed by atoms with Gasteiger partial charge in [0.2, 0.25) is 0 Å². The first-order chi connectivity index (χ1) is 47.1. The van der Waals surface area contributed by atoms with Crippen LogP contribution in [0.3, 0.4) is 0 Å². The second kappa shape index (κ2) is 84.0. The quantitative estimate of drug-likeness (QED) is 0.0373. The molecule has 0 aliphatic carbocycles. The lowest BCUT2D eigenvalue weighted by molar-refractivity contribution is -0.161. The number of carbonyl (C=O) groups is 2. The van der Waals surface area contributed by atoms with E-state index in [4.69, 9.17) is 9.47 Å². The van der Waals surface area contributed by atoms with Gasteiger partial charge in [-0.3, -0.25) is 9.59 Å². The van der Waals surface area contributed by atoms with Crippen LogP contribution in [-0.2, 0) is 19.1 Å². The van der Waals surface area contributed by atoms with Crippen LogP contribution < -0.4 is 0 Å². The van der Waals surface area contributed by atoms with Gasteiger partial charge in [-0.25, -0.2) is 0 Å². The van der Waals surface area contributed by atoms with Crippen LogP contribution in [0.25, 0.3) is 0 Å². The van der Waals surface area contributed by atoms with E-state index in [1.54, 1.807) is 0 Å². The van der Waals surface area contributed by atoms with E-state index >= 15 is 0 Å². The molecule has 0 radical (unpaired) electrons. The predicted molar refractivity (Wildman–Crippen MR) is 421 cm³/mol. The summed E-state index contributed by atoms with van der Waals surface area (Å²) in [6, 6.07) is 0. The summed E-state index contributed by atoms with van der Waals surface area (Å²) in [7, 11) is 0. The summed E-state index contributed by atoms with van der Waals surface area (Å²) >= 11 is 0. The van der Waals surface area contributed by atoms with Crippen molar-refractivity contribution in [1.82, 2.24) is 0 Å². The first-order valence-corrected chi connectivity index (χ1v) is 40.9. The Morgan fingerprint density at radius 1 is 0.253 bits per heavy atom. The average Bonchev–Trinajstić information content (AvgIpc) is 3.80. The zero-order valence-corrected chi connectivity index (χ0v) is 62.6. The van der Waals surface area contributed by atoms with Crippen LogP contribution in [0.5, 0.6) is 0 Å². The number of allylic oxidation sites excluding steroid dienone is 24. The minimum atomic E-state index is -0.797. The fourth-order valence-electron chi connectivity index (χ4n) is 11.8. The number of aliphatic hydroxyl groups is 1. The molecule has 0 saturated heterocycles. The van der Waals surface area contributed by atoms with Gasteiger partial charge in [-0.15, -0.1) is 0 Å². The molecule has 0 aliphatic rings. The number of ether oxygens (including phenoxy) is 2. The molecular weight excluding hydrogens is 1160 g/mol. The highest BCUT2D eigenvalue weighted by molar-refractivity contribution is 5.70. The summed E-state index contributed by atoms with van der Waals surface area (Å²) in [4.78, 5) is 24.7. The summed E-state index contributed by atoms with van der Waals surface area (Å²) in [5, 5.41) is 9.72. The maximum absolute atomic E-state index is 12.4. The highest BCUT2D eigenvalue weighted by Crippen LogP contribution is 2.19. The van der Waals surface area contributed by atoms with Crippen LogP contribution in [0.4, 0.5) is 0 Å². The molecule has 1 N–H and O–H groups in total. The van der Waals surface area contributed by atoms with E-state index in [-0.39, 0.29) is 25.2 Å². The average molecular weight is 1320 g/mol. The summed E-state index contributed by atoms with van der Waals surface area (Å²) in [6.07, 6.45) is 127. The van der Waals surface area contributed by atoms with Crippen molar-refractivity contribution in [3.05, 3.63) is 146 Å². The van der Waals surface area contributed by atoms with Crippen molar-refractivity contribution in [2.75, 3.05) is 13.2 Å². The van der Waals surface area contributed by atoms with E-state index in [1.807, 2.05) is 0 Å². The predicted octanol–water partition coefficient (Wildman–Crippen LogP) is 29.2. The van der Waals surface area contributed by atoms with Crippen LogP contribution in [0.15, 0.2) is 146 Å². The third-order valence-electron chi connectivity index (χ3n) is 17.9. The molecule has 0 aromatic carbocycles. The molecule has 0 fully saturated rings. The fourth-order valence-corrected chi connectivity index (χ4v) is 11.8. The van der Waals surface area contributed by atoms with E-state index in [2.05, 4.69) is 160 Å². The fraction of sp³-hybridized carbons (Fsp3) is 0.711. The number of hydrogen-bond donors (Lipinski definition) is 1. The van der Waals surface area contributed by atoms with Gasteiger partial charge >= 0.3 is 11.9 Å². The molecule has 0 aliphatic heterocycles. The van der Waals surface area contributed by atoms with Crippen LogP contribution in [0.1, 0.15) is 393 Å². The van der Waals surface area contributed by atoms with Crippen molar-refractivity contribution in [3.8, 4) is 0 Å². The zero-order valence-electron chi connectivity index (χ0n) is 62.6. The zero-order chi connectivity index (χ0) is 68.3. The molecule has 5 nitrogen and oxygen atoms in total. The summed E-state index contributed by atoms with van der Waals surface area (Å²) in [5.41, 5.74) is 0. The maximum atomic E-state index is 12.4. The van der Waals surface area contributed by atoms with Gasteiger partial charge < -0.3 is 14.6 Å². The number of unbranched alkanes of at least 4 members (excludes halogenated alkanes) is 43. The lowest BCUT2D eigenvalue weighted by Crippen LogP contribution is -2.28. The monoisotopic (exact) mass is 1320 g/mol. The number of aliphatic hydroxyl groups excluding tert-OH is 1. The molecule has 0 saturated carbocycles. The van der Waals surface area contributed by atoms with E-state index < -0.39 is 6.10 Å². The Labute approximate surface area is 590 Å². The van der Waals surface area contributed by atoms with E-state index in [0.29, 0.717) is 12.8 Å². The van der Waals surface area contributed by atoms with Crippen molar-refractivity contribution in [2.45, 2.75) is 399 Å². The summed E-state index contributed by atoms with van der Waals surface area (Å²) < 4.78 is 10.8. The summed E-state index contributed by atoms with van der Waals surface area (Å²) in [6.45, 7) is 4.04. The smallest absolute Gasteiger partial charge is 0.306 e. The van der Waals surface area contributed by atoms with Crippen molar-refractivity contribution in [2.24, 2.45) is 0 Å². The van der Waals surface area contributed by atoms with Crippen LogP contribution in [0, 0.1) is 0 Å². The molecule has 0 aromatic heterocycles. The Hall–Kier alpha value is -4.22. The van der Waals surface area contributed by atoms with E-state index in [0.717, 1.165) is 128 Å². The van der Waals surface area contributed by atoms with Crippen molar-refractivity contribution < 1.29 is 24.2 Å². The van der Waals surface area contributed by atoms with Crippen molar-refractivity contribution in [1.29, 1.82) is 0 Å². The molecular formula is C90H154O5. The molecule has 5 heteroatoms. The van der Waals surface area contributed by atoms with Gasteiger partial charge in [0.1, 0.15) is 6.61 Å². The Kier molecular flexibility index (Phi) is 80.3. The molecule has 0 aromatic rings. The number of rotatable bonds is 75. The SMILES string of the molecule is CC/C=C\C/C=C\C/C=C\C/C=C\C/C=C\C/C=C\C/C=C\C/C=C\C/C=C\C/C=C\C/C=C\C/C=C\CCCCCCC(=O)OC(CO)COC(=O)CCCCCCCCCCCCCCCCCCCCCCCCCCCCCCCCCCCCCCCCCC. The highest BCUT2D eigenvalue weighted by atomic mass is 16.6. The third-order valence-corrected chi connectivity index (χ3v) is 17.9. The topological polar surface area (TPSA) is 72.8 Å². The van der Waals surface area contributed by atoms with Gasteiger partial charge in [-0.2, -0.15) is 0 Å². The highest BCUT2D eigenvalue weighted by Gasteiger charge is 2.16. The molecule has 0 amide bonds. The lowest BCUT2D eigenvalue weighted by Gasteiger charge is -2.15. The van der Waals surface area contributed by atoms with E-state index in [9.17, 15) is 14.7 Å². The van der Waals surface area contributed by atoms with Crippen LogP contribution >= 0.6 is 0 Å². The molecule has 1 unspecified atom stereocenters. The first kappa shape index (κ1) is 90.8. The molecule has 95 heavy (non-hydrogen) atoms. The van der Waals surface area contributed by atoms with Gasteiger partial charge in [0.25, 0.3) is 0 Å². The molecule has 0 rings (SSSR count). The van der Waals surface area contributed by atoms with Crippen LogP contribution in [0.2, 0.25) is 0 Å². The molecule has 544 valence electrons. The molecule has 1 atom stereocenters. The third kappa shape index (κ3) is 82.1. The minimum absolute atomic E-state index is 0.0809. The van der Waals surface area contributed by atoms with Gasteiger partial charge in [-0.1, -0.05) is 423 Å². The number of esters is 2. The Morgan fingerprint density at radius 3 is 0.684 bits per heavy atom. The molecule has 0 spiro atoms. The second-order valence-electron chi connectivity index (χ2n) is 27.1. The normalized spacial score (nSPS) is 13.0. The Balaban J connectivity index is 3.51. The molecule has 0 bridgehead atoms. The number of carbonyl (C=O) groups excluding carboxylic acids is 2. The number of hydrogen-bond acceptors (Lipinski definition) is 5. The van der Waals surface area contributed by atoms with Crippen LogP contribution in [-0.4, -0.2) is 36.4 Å². The van der Waals surface area contributed by atoms with Gasteiger partial charge in [0, 0.05) is 12.8 Å². The summed E-state index contributed by atoms with van der Waals surface area (Å²) in [5.74, 6) is -0.613. The van der Waals surface area contributed by atoms with Gasteiger partial charge in [0.15, 0.2) is 6.10 Å². The maximum Gasteiger partial charge on any atom is 0.306 e. The Bertz CT molecular complexity index is 1930. The second-order valence-corrected chi connectivity index (χ2v) is 27.1. The van der Waals surface area contributed by atoms with Crippen molar-refractivity contribution in [3.63, 3.8) is 0 Å².